The molecule has 5 nitrogen and oxygen atoms in total. The molecule has 0 spiro atoms. The predicted octanol–water partition coefficient (Wildman–Crippen LogP) is 4.20. The fraction of sp³-hybridized carbons (Fsp3) is 0.375. The molecule has 0 radical (unpaired) electrons. The van der Waals surface area contributed by atoms with Gasteiger partial charge in [-0.15, -0.1) is 0 Å². The highest BCUT2D eigenvalue weighted by atomic mass is 19.4. The standard InChI is InChI=1S/C24H26F3N3O2/c1-32-21-11-5-9-19(16-21)22(30-13-2-3-14-30)17-29-23(31)28-12-6-8-18-7-4-10-20(15-18)24(25,26)27/h4-5,7,9-11,15-16,22H,2-3,12-14,17H2,1H3,(H2,28,29,31). The summed E-state index contributed by atoms with van der Waals surface area (Å²) in [5.74, 6) is 6.10. The normalized spacial score (nSPS) is 14.9. The van der Waals surface area contributed by atoms with Gasteiger partial charge < -0.3 is 15.4 Å². The highest BCUT2D eigenvalue weighted by Crippen LogP contribution is 2.29. The largest absolute Gasteiger partial charge is 0.497 e. The number of alkyl halides is 3. The number of nitrogens with zero attached hydrogens (tertiary/aromatic N) is 1. The first-order valence-corrected chi connectivity index (χ1v) is 10.4. The van der Waals surface area contributed by atoms with Crippen molar-refractivity contribution in [1.82, 2.24) is 15.5 Å². The molecule has 0 aliphatic carbocycles. The average Bonchev–Trinajstić information content (AvgIpc) is 3.31. The number of hydrogen-bond donors (Lipinski definition) is 2. The number of amides is 2. The number of carbonyl (C=O) groups is 1. The lowest BCUT2D eigenvalue weighted by Crippen LogP contribution is -2.41. The molecule has 32 heavy (non-hydrogen) atoms. The van der Waals surface area contributed by atoms with Crippen LogP contribution in [-0.2, 0) is 6.18 Å². The number of benzene rings is 2. The molecule has 1 aliphatic rings. The van der Waals surface area contributed by atoms with E-state index in [-0.39, 0.29) is 24.2 Å². The van der Waals surface area contributed by atoms with Crippen molar-refractivity contribution in [2.75, 3.05) is 33.3 Å². The van der Waals surface area contributed by atoms with E-state index in [0.717, 1.165) is 49.4 Å². The second-order valence-corrected chi connectivity index (χ2v) is 7.48. The number of halogens is 3. The number of urea groups is 1. The van der Waals surface area contributed by atoms with Gasteiger partial charge in [0.25, 0.3) is 0 Å². The van der Waals surface area contributed by atoms with E-state index in [1.807, 2.05) is 24.3 Å². The first kappa shape index (κ1) is 23.5. The number of ether oxygens (including phenoxy) is 1. The molecule has 170 valence electrons. The summed E-state index contributed by atoms with van der Waals surface area (Å²) in [6, 6.07) is 12.2. The van der Waals surface area contributed by atoms with Crippen LogP contribution in [0, 0.1) is 11.8 Å². The fourth-order valence-electron chi connectivity index (χ4n) is 3.66. The van der Waals surface area contributed by atoms with Crippen LogP contribution < -0.4 is 15.4 Å². The number of rotatable bonds is 6. The third-order valence-electron chi connectivity index (χ3n) is 5.28. The summed E-state index contributed by atoms with van der Waals surface area (Å²) in [6.45, 7) is 2.37. The lowest BCUT2D eigenvalue weighted by atomic mass is 10.1. The Morgan fingerprint density at radius 2 is 1.88 bits per heavy atom. The summed E-state index contributed by atoms with van der Waals surface area (Å²) in [5, 5.41) is 5.50. The van der Waals surface area contributed by atoms with Crippen LogP contribution >= 0.6 is 0 Å². The Morgan fingerprint density at radius 1 is 1.12 bits per heavy atom. The molecule has 2 aromatic carbocycles. The fourth-order valence-corrected chi connectivity index (χ4v) is 3.66. The van der Waals surface area contributed by atoms with Crippen LogP contribution in [0.5, 0.6) is 5.75 Å². The van der Waals surface area contributed by atoms with Crippen LogP contribution in [0.15, 0.2) is 48.5 Å². The minimum absolute atomic E-state index is 0.0227. The molecule has 1 fully saturated rings. The van der Waals surface area contributed by atoms with Gasteiger partial charge in [0, 0.05) is 12.1 Å². The van der Waals surface area contributed by atoms with Crippen molar-refractivity contribution in [2.45, 2.75) is 25.1 Å². The Morgan fingerprint density at radius 3 is 2.59 bits per heavy atom. The van der Waals surface area contributed by atoms with Crippen molar-refractivity contribution in [2.24, 2.45) is 0 Å². The second-order valence-electron chi connectivity index (χ2n) is 7.48. The molecule has 1 atom stereocenters. The van der Waals surface area contributed by atoms with Crippen molar-refractivity contribution in [3.05, 3.63) is 65.2 Å². The maximum absolute atomic E-state index is 12.8. The van der Waals surface area contributed by atoms with Gasteiger partial charge in [0.2, 0.25) is 0 Å². The van der Waals surface area contributed by atoms with Gasteiger partial charge in [-0.25, -0.2) is 4.79 Å². The third kappa shape index (κ3) is 6.66. The smallest absolute Gasteiger partial charge is 0.416 e. The van der Waals surface area contributed by atoms with E-state index in [9.17, 15) is 18.0 Å². The van der Waals surface area contributed by atoms with Gasteiger partial charge in [-0.1, -0.05) is 30.0 Å². The van der Waals surface area contributed by atoms with Crippen molar-refractivity contribution >= 4 is 6.03 Å². The van der Waals surface area contributed by atoms with Crippen LogP contribution in [0.1, 0.15) is 35.6 Å². The Kier molecular flexibility index (Phi) is 8.01. The van der Waals surface area contributed by atoms with Crippen LogP contribution in [0.25, 0.3) is 0 Å². The molecule has 1 unspecified atom stereocenters. The summed E-state index contributed by atoms with van der Waals surface area (Å²) in [4.78, 5) is 14.6. The molecule has 3 rings (SSSR count). The molecule has 0 aromatic heterocycles. The molecule has 1 heterocycles. The van der Waals surface area contributed by atoms with Crippen molar-refractivity contribution < 1.29 is 22.7 Å². The van der Waals surface area contributed by atoms with E-state index in [1.165, 1.54) is 12.1 Å². The van der Waals surface area contributed by atoms with E-state index < -0.39 is 11.7 Å². The zero-order valence-corrected chi connectivity index (χ0v) is 17.8. The minimum Gasteiger partial charge on any atom is -0.497 e. The van der Waals surface area contributed by atoms with E-state index >= 15 is 0 Å². The number of carbonyl (C=O) groups excluding carboxylic acids is 1. The number of methoxy groups -OCH3 is 1. The van der Waals surface area contributed by atoms with Gasteiger partial charge in [-0.2, -0.15) is 13.2 Å². The second kappa shape index (κ2) is 10.9. The van der Waals surface area contributed by atoms with Gasteiger partial charge in [-0.3, -0.25) is 4.90 Å². The van der Waals surface area contributed by atoms with Crippen molar-refractivity contribution in [1.29, 1.82) is 0 Å². The van der Waals surface area contributed by atoms with Crippen molar-refractivity contribution in [3.8, 4) is 17.6 Å². The number of likely N-dealkylation sites (tertiary alicyclic amines) is 1. The number of hydrogen-bond acceptors (Lipinski definition) is 3. The van der Waals surface area contributed by atoms with Gasteiger partial charge in [0.15, 0.2) is 0 Å². The SMILES string of the molecule is COc1cccc(C(CNC(=O)NCC#Cc2cccc(C(F)(F)F)c2)N2CCCC2)c1. The Hall–Kier alpha value is -3.18. The van der Waals surface area contributed by atoms with Gasteiger partial charge in [0.1, 0.15) is 5.75 Å². The summed E-state index contributed by atoms with van der Waals surface area (Å²) in [5.41, 5.74) is 0.561. The van der Waals surface area contributed by atoms with Crippen LogP contribution in [0.4, 0.5) is 18.0 Å². The highest BCUT2D eigenvalue weighted by molar-refractivity contribution is 5.74. The zero-order valence-electron chi connectivity index (χ0n) is 17.8. The maximum Gasteiger partial charge on any atom is 0.416 e. The summed E-state index contributed by atoms with van der Waals surface area (Å²) >= 11 is 0. The Labute approximate surface area is 185 Å². The average molecular weight is 445 g/mol. The molecule has 2 N–H and O–H groups in total. The van der Waals surface area contributed by atoms with Crippen LogP contribution in [0.3, 0.4) is 0 Å². The maximum atomic E-state index is 12.8. The molecule has 8 heteroatoms. The zero-order chi connectivity index (χ0) is 23.0. The molecule has 0 saturated carbocycles. The van der Waals surface area contributed by atoms with Gasteiger partial charge in [-0.05, 0) is 61.8 Å². The number of nitrogens with one attached hydrogen (secondary N) is 2. The van der Waals surface area contributed by atoms with Crippen LogP contribution in [-0.4, -0.2) is 44.2 Å². The first-order chi connectivity index (χ1) is 15.4. The Balaban J connectivity index is 1.54. The molecule has 1 saturated heterocycles. The highest BCUT2D eigenvalue weighted by Gasteiger charge is 2.30. The van der Waals surface area contributed by atoms with Crippen LogP contribution in [0.2, 0.25) is 0 Å². The molecular weight excluding hydrogens is 419 g/mol. The summed E-state index contributed by atoms with van der Waals surface area (Å²) < 4.78 is 43.6. The molecule has 2 aromatic rings. The summed E-state index contributed by atoms with van der Waals surface area (Å²) in [6.07, 6.45) is -2.17. The minimum atomic E-state index is -4.41. The van der Waals surface area contributed by atoms with E-state index in [2.05, 4.69) is 27.4 Å². The molecule has 0 bridgehead atoms. The third-order valence-corrected chi connectivity index (χ3v) is 5.28. The quantitative estimate of drug-likeness (QED) is 0.656. The lowest BCUT2D eigenvalue weighted by Gasteiger charge is -2.28. The Bertz CT molecular complexity index is 976. The monoisotopic (exact) mass is 445 g/mol. The van der Waals surface area contributed by atoms with Gasteiger partial charge >= 0.3 is 12.2 Å². The molecule has 1 aliphatic heterocycles. The lowest BCUT2D eigenvalue weighted by molar-refractivity contribution is -0.137. The molecule has 2 amide bonds. The topological polar surface area (TPSA) is 53.6 Å². The van der Waals surface area contributed by atoms with Gasteiger partial charge in [0.05, 0.1) is 25.3 Å². The predicted molar refractivity (Wildman–Crippen MR) is 116 cm³/mol. The van der Waals surface area contributed by atoms with E-state index in [1.54, 1.807) is 7.11 Å². The summed E-state index contributed by atoms with van der Waals surface area (Å²) in [7, 11) is 1.62. The van der Waals surface area contributed by atoms with E-state index in [0.29, 0.717) is 6.54 Å². The van der Waals surface area contributed by atoms with E-state index in [4.69, 9.17) is 4.74 Å². The molecular formula is C24H26F3N3O2. The first-order valence-electron chi connectivity index (χ1n) is 10.4. The van der Waals surface area contributed by atoms with Crippen molar-refractivity contribution in [3.63, 3.8) is 0 Å².